The van der Waals surface area contributed by atoms with E-state index in [4.69, 9.17) is 4.74 Å². The van der Waals surface area contributed by atoms with Crippen LogP contribution in [0.5, 0.6) is 11.8 Å². The Kier molecular flexibility index (Phi) is 20.2. The van der Waals surface area contributed by atoms with Crippen molar-refractivity contribution in [3.63, 3.8) is 0 Å². The molecule has 0 aliphatic carbocycles. The normalized spacial score (nSPS) is 13.3. The molecule has 81 heavy (non-hydrogen) atoms. The SMILES string of the molecule is C=NC(=O)N(CCC)c1cccc(CC(C=NC(=O)CCCCCn2c(O)ccc2O)C(=O)NC(c2cn(CC(=O)Nc3ccc(COC(=O)N4CCN(c5cc6c(cc5F)c(=O)c(C(=O)O)cn6CC)CC4)cc3)nn2)C(C)C)c1. The summed E-state index contributed by atoms with van der Waals surface area (Å²) >= 11 is 0. The van der Waals surface area contributed by atoms with E-state index >= 15 is 4.39 Å². The maximum atomic E-state index is 15.4. The number of ether oxygens (including phenoxy) is 1. The smallest absolute Gasteiger partial charge is 0.410 e. The van der Waals surface area contributed by atoms with Gasteiger partial charge in [0.15, 0.2) is 11.8 Å². The highest BCUT2D eigenvalue weighted by molar-refractivity contribution is 5.98. The summed E-state index contributed by atoms with van der Waals surface area (Å²) in [5.74, 6) is -4.62. The summed E-state index contributed by atoms with van der Waals surface area (Å²) in [7, 11) is 0. The van der Waals surface area contributed by atoms with Gasteiger partial charge in [-0.15, -0.1) is 5.10 Å². The lowest BCUT2D eigenvalue weighted by Crippen LogP contribution is -2.49. The number of carbonyl (C=O) groups excluding carboxylic acids is 5. The van der Waals surface area contributed by atoms with E-state index in [9.17, 15) is 48.9 Å². The zero-order valence-corrected chi connectivity index (χ0v) is 45.7. The second-order valence-electron chi connectivity index (χ2n) is 19.9. The van der Waals surface area contributed by atoms with Crippen molar-refractivity contribution in [3.8, 4) is 11.8 Å². The van der Waals surface area contributed by atoms with Gasteiger partial charge in [-0.2, -0.15) is 0 Å². The average Bonchev–Trinajstić information content (AvgIpc) is 4.08. The molecule has 3 aromatic heterocycles. The van der Waals surface area contributed by atoms with E-state index in [2.05, 4.69) is 37.6 Å². The number of hydrogen-bond acceptors (Lipinski definition) is 13. The number of aromatic nitrogens is 5. The molecule has 0 spiro atoms. The number of hydrogen-bond donors (Lipinski definition) is 5. The van der Waals surface area contributed by atoms with E-state index in [0.717, 1.165) is 6.07 Å². The lowest BCUT2D eigenvalue weighted by atomic mass is 9.96. The van der Waals surface area contributed by atoms with Gasteiger partial charge in [0, 0.05) is 93.5 Å². The number of nitrogens with one attached hydrogen (secondary N) is 2. The van der Waals surface area contributed by atoms with Crippen LogP contribution in [-0.4, -0.2) is 126 Å². The largest absolute Gasteiger partial charge is 0.494 e. The lowest BCUT2D eigenvalue weighted by molar-refractivity contribution is -0.124. The van der Waals surface area contributed by atoms with Crippen LogP contribution in [0, 0.1) is 17.7 Å². The first-order chi connectivity index (χ1) is 38.9. The molecule has 23 nitrogen and oxygen atoms in total. The summed E-state index contributed by atoms with van der Waals surface area (Å²) in [5, 5.41) is 43.6. The molecule has 1 aliphatic heterocycles. The van der Waals surface area contributed by atoms with Crippen LogP contribution >= 0.6 is 0 Å². The van der Waals surface area contributed by atoms with Gasteiger partial charge in [0.2, 0.25) is 23.2 Å². The average molecular weight is 1120 g/mol. The van der Waals surface area contributed by atoms with Crippen LogP contribution in [-0.2, 0) is 51.8 Å². The monoisotopic (exact) mass is 1110 g/mol. The Morgan fingerprint density at radius 1 is 0.914 bits per heavy atom. The number of benzene rings is 3. The van der Waals surface area contributed by atoms with Gasteiger partial charge >= 0.3 is 18.1 Å². The Morgan fingerprint density at radius 2 is 1.64 bits per heavy atom. The van der Waals surface area contributed by atoms with Gasteiger partial charge in [-0.1, -0.05) is 56.7 Å². The number of anilines is 3. The minimum atomic E-state index is -1.39. The van der Waals surface area contributed by atoms with E-state index in [1.54, 1.807) is 65.1 Å². The molecule has 0 radical (unpaired) electrons. The quantitative estimate of drug-likeness (QED) is 0.0293. The van der Waals surface area contributed by atoms with Gasteiger partial charge in [-0.05, 0) is 92.8 Å². The number of unbranched alkanes of at least 4 members (excludes halogenated alkanes) is 2. The van der Waals surface area contributed by atoms with Crippen molar-refractivity contribution in [2.24, 2.45) is 21.8 Å². The second kappa shape index (κ2) is 27.6. The van der Waals surface area contributed by atoms with Crippen LogP contribution in [0.4, 0.5) is 31.0 Å². The Bertz CT molecular complexity index is 3330. The first-order valence-electron chi connectivity index (χ1n) is 26.7. The number of amides is 6. The van der Waals surface area contributed by atoms with Gasteiger partial charge in [-0.25, -0.2) is 33.4 Å². The molecule has 1 saturated heterocycles. The van der Waals surface area contributed by atoms with Crippen LogP contribution < -0.4 is 25.9 Å². The highest BCUT2D eigenvalue weighted by Gasteiger charge is 2.28. The van der Waals surface area contributed by atoms with Crippen molar-refractivity contribution in [1.29, 1.82) is 0 Å². The van der Waals surface area contributed by atoms with E-state index in [0.29, 0.717) is 79.0 Å². The number of aliphatic imine (C=N–C) groups is 2. The van der Waals surface area contributed by atoms with Crippen molar-refractivity contribution in [2.75, 3.05) is 47.8 Å². The standard InChI is InChI=1S/C57H67FN12O11/c1-6-21-69(56(79)59-5)41-13-11-12-38(28-41)27-39(31-60-48(71)14-9-8-10-22-70-50(73)19-20-51(70)74)54(76)62-52(36(3)4)45-33-68(64-63-45)34-49(72)61-40-17-15-37(16-18-40)35-81-57(80)67-25-23-66(24-26-67)47-30-46-42(29-44(47)58)53(75)43(55(77)78)32-65(46)7-2/h11-13,15-20,28-33,36,39,52,73-74H,5-10,14,21-27,34-35H2,1-4H3,(H,61,72)(H,62,76)(H,77,78). The molecular formula is C57H67FN12O11. The van der Waals surface area contributed by atoms with Gasteiger partial charge in [0.05, 0.1) is 29.4 Å². The van der Waals surface area contributed by atoms with Gasteiger partial charge in [0.1, 0.15) is 30.2 Å². The van der Waals surface area contributed by atoms with Gasteiger partial charge in [0.25, 0.3) is 0 Å². The Morgan fingerprint density at radius 3 is 2.31 bits per heavy atom. The third-order valence-corrected chi connectivity index (χ3v) is 13.8. The van der Waals surface area contributed by atoms with Crippen molar-refractivity contribution in [3.05, 3.63) is 124 Å². The van der Waals surface area contributed by atoms with E-state index < -0.39 is 64.6 Å². The number of aromatic hydroxyl groups is 2. The topological polar surface area (TPSA) is 288 Å². The number of halogens is 1. The molecule has 0 bridgehead atoms. The van der Waals surface area contributed by atoms with Gasteiger partial charge in [-0.3, -0.25) is 28.6 Å². The Hall–Kier alpha value is -9.22. The number of piperazine rings is 1. The predicted octanol–water partition coefficient (Wildman–Crippen LogP) is 7.33. The third kappa shape index (κ3) is 15.3. The number of urea groups is 1. The van der Waals surface area contributed by atoms with E-state index in [1.165, 1.54) is 49.7 Å². The molecule has 4 heterocycles. The summed E-state index contributed by atoms with van der Waals surface area (Å²) in [6.45, 7) is 12.7. The summed E-state index contributed by atoms with van der Waals surface area (Å²) in [5.41, 5.74) is 2.18. The minimum absolute atomic E-state index is 0.0312. The zero-order chi connectivity index (χ0) is 58.3. The molecule has 6 aromatic rings. The number of rotatable bonds is 24. The van der Waals surface area contributed by atoms with Crippen LogP contribution in [0.15, 0.2) is 100.0 Å². The third-order valence-electron chi connectivity index (χ3n) is 13.8. The molecule has 7 rings (SSSR count). The highest BCUT2D eigenvalue weighted by Crippen LogP contribution is 2.28. The maximum absolute atomic E-state index is 15.4. The number of carboxylic acids is 1. The number of pyridine rings is 1. The molecule has 3 aromatic carbocycles. The summed E-state index contributed by atoms with van der Waals surface area (Å²) < 4.78 is 25.3. The first kappa shape index (κ1) is 59.4. The summed E-state index contributed by atoms with van der Waals surface area (Å²) in [4.78, 5) is 103. The van der Waals surface area contributed by atoms with Crippen molar-refractivity contribution >= 4 is 76.7 Å². The predicted molar refractivity (Wildman–Crippen MR) is 302 cm³/mol. The molecule has 2 unspecified atom stereocenters. The molecule has 1 fully saturated rings. The van der Waals surface area contributed by atoms with Crippen molar-refractivity contribution in [2.45, 2.75) is 98.5 Å². The summed E-state index contributed by atoms with van der Waals surface area (Å²) in [6, 6.07) is 18.0. The number of carboxylic acid groups (broad SMARTS) is 1. The Balaban J connectivity index is 0.917. The molecule has 0 saturated carbocycles. The van der Waals surface area contributed by atoms with Crippen LogP contribution in [0.3, 0.4) is 0 Å². The molecule has 2 atom stereocenters. The molecule has 5 N–H and O–H groups in total. The van der Waals surface area contributed by atoms with Crippen LogP contribution in [0.25, 0.3) is 10.9 Å². The fourth-order valence-electron chi connectivity index (χ4n) is 9.43. The summed E-state index contributed by atoms with van der Waals surface area (Å²) in [6.07, 6.45) is 6.18. The number of carbonyl (C=O) groups is 6. The lowest BCUT2D eigenvalue weighted by Gasteiger charge is -2.35. The number of aromatic carboxylic acids is 1. The van der Waals surface area contributed by atoms with Gasteiger partial charge < -0.3 is 45.1 Å². The van der Waals surface area contributed by atoms with Crippen molar-refractivity contribution < 1.29 is 53.2 Å². The fraction of sp³-hybridized carbons (Fsp3) is 0.386. The molecule has 1 aliphatic rings. The molecule has 6 amide bonds. The second-order valence-corrected chi connectivity index (χ2v) is 19.9. The number of aryl methyl sites for hydroxylation is 1. The van der Waals surface area contributed by atoms with E-state index in [1.807, 2.05) is 26.8 Å². The van der Waals surface area contributed by atoms with Crippen LogP contribution in [0.2, 0.25) is 0 Å². The number of nitrogens with zero attached hydrogens (tertiary/aromatic N) is 10. The number of fused-ring (bicyclic) bond motifs is 1. The van der Waals surface area contributed by atoms with E-state index in [-0.39, 0.29) is 80.9 Å². The minimum Gasteiger partial charge on any atom is -0.494 e. The van der Waals surface area contributed by atoms with Crippen LogP contribution in [0.1, 0.15) is 93.0 Å². The van der Waals surface area contributed by atoms with Crippen molar-refractivity contribution in [1.82, 2.24) is 34.3 Å². The molecule has 24 heteroatoms. The fourth-order valence-corrected chi connectivity index (χ4v) is 9.43. The first-order valence-corrected chi connectivity index (χ1v) is 26.7. The molecular weight excluding hydrogens is 1050 g/mol. The Labute approximate surface area is 466 Å². The maximum Gasteiger partial charge on any atom is 0.410 e. The highest BCUT2D eigenvalue weighted by atomic mass is 19.1. The molecule has 428 valence electrons. The zero-order valence-electron chi connectivity index (χ0n) is 45.7.